The maximum absolute atomic E-state index is 5.09. The lowest BCUT2D eigenvalue weighted by molar-refractivity contribution is 1.21. The summed E-state index contributed by atoms with van der Waals surface area (Å²) < 4.78 is 2.16. The molecule has 0 radical (unpaired) electrons. The predicted molar refractivity (Wildman–Crippen MR) is 120 cm³/mol. The fourth-order valence-electron chi connectivity index (χ4n) is 4.57. The van der Waals surface area contributed by atoms with Crippen molar-refractivity contribution in [2.75, 3.05) is 0 Å². The van der Waals surface area contributed by atoms with Crippen LogP contribution in [0.4, 0.5) is 0 Å². The van der Waals surface area contributed by atoms with Crippen LogP contribution < -0.4 is 0 Å². The summed E-state index contributed by atoms with van der Waals surface area (Å²) in [5.41, 5.74) is 6.57. The molecule has 3 aromatic heterocycles. The van der Waals surface area contributed by atoms with E-state index in [1.165, 1.54) is 32.8 Å². The lowest BCUT2D eigenvalue weighted by atomic mass is 10.0. The van der Waals surface area contributed by atoms with Crippen LogP contribution in [-0.2, 0) is 0 Å². The van der Waals surface area contributed by atoms with E-state index in [4.69, 9.17) is 9.97 Å². The molecule has 0 fully saturated rings. The molecule has 0 aliphatic heterocycles. The van der Waals surface area contributed by atoms with Crippen molar-refractivity contribution in [1.82, 2.24) is 14.4 Å². The Morgan fingerprint density at radius 2 is 1.38 bits per heavy atom. The highest BCUT2D eigenvalue weighted by atomic mass is 15.0. The zero-order valence-corrected chi connectivity index (χ0v) is 16.3. The van der Waals surface area contributed by atoms with Crippen LogP contribution in [0.3, 0.4) is 0 Å². The molecule has 29 heavy (non-hydrogen) atoms. The van der Waals surface area contributed by atoms with Gasteiger partial charge in [0.25, 0.3) is 0 Å². The van der Waals surface area contributed by atoms with Crippen LogP contribution in [0, 0.1) is 13.8 Å². The zero-order chi connectivity index (χ0) is 19.5. The standard InChI is InChI=1S/C26H19N3/c1-16-8-7-9-17(2)23(16)22-15-29-25(28-22)21-13-6-5-12-20(21)24-19-11-4-3-10-18(19)14-27-26(24)29/h3-15H,1-2H3. The van der Waals surface area contributed by atoms with Gasteiger partial charge in [-0.2, -0.15) is 0 Å². The van der Waals surface area contributed by atoms with Gasteiger partial charge in [0, 0.05) is 34.1 Å². The van der Waals surface area contributed by atoms with Gasteiger partial charge in [-0.3, -0.25) is 4.40 Å². The Morgan fingerprint density at radius 1 is 0.690 bits per heavy atom. The first-order valence-corrected chi connectivity index (χ1v) is 9.86. The Bertz CT molecular complexity index is 1550. The number of hydrogen-bond donors (Lipinski definition) is 0. The lowest BCUT2D eigenvalue weighted by Crippen LogP contribution is -1.94. The molecule has 138 valence electrons. The highest BCUT2D eigenvalue weighted by Crippen LogP contribution is 2.35. The molecular weight excluding hydrogens is 354 g/mol. The first kappa shape index (κ1) is 16.3. The van der Waals surface area contributed by atoms with E-state index in [9.17, 15) is 0 Å². The Hall–Kier alpha value is -3.72. The molecule has 0 atom stereocenters. The van der Waals surface area contributed by atoms with Crippen LogP contribution in [0.2, 0.25) is 0 Å². The SMILES string of the molecule is Cc1cccc(C)c1-c1cn2c(n1)c1ccccc1c1c3ccccc3cnc12. The van der Waals surface area contributed by atoms with E-state index in [2.05, 4.69) is 91.2 Å². The molecule has 0 N–H and O–H groups in total. The minimum absolute atomic E-state index is 0.947. The molecule has 3 aromatic carbocycles. The summed E-state index contributed by atoms with van der Waals surface area (Å²) in [4.78, 5) is 9.95. The summed E-state index contributed by atoms with van der Waals surface area (Å²) >= 11 is 0. The van der Waals surface area contributed by atoms with E-state index in [0.717, 1.165) is 27.8 Å². The van der Waals surface area contributed by atoms with Gasteiger partial charge in [0.15, 0.2) is 0 Å². The maximum atomic E-state index is 5.09. The van der Waals surface area contributed by atoms with Gasteiger partial charge in [-0.25, -0.2) is 9.97 Å². The van der Waals surface area contributed by atoms with E-state index in [0.29, 0.717) is 0 Å². The molecule has 6 rings (SSSR count). The van der Waals surface area contributed by atoms with Crippen LogP contribution >= 0.6 is 0 Å². The second kappa shape index (κ2) is 5.89. The average Bonchev–Trinajstić information content (AvgIpc) is 3.18. The van der Waals surface area contributed by atoms with Crippen molar-refractivity contribution < 1.29 is 0 Å². The number of fused-ring (bicyclic) bond motifs is 8. The summed E-state index contributed by atoms with van der Waals surface area (Å²) in [7, 11) is 0. The Balaban J connectivity index is 1.85. The summed E-state index contributed by atoms with van der Waals surface area (Å²) in [5.74, 6) is 0. The van der Waals surface area contributed by atoms with E-state index >= 15 is 0 Å². The third kappa shape index (κ3) is 2.24. The van der Waals surface area contributed by atoms with Gasteiger partial charge in [0.2, 0.25) is 0 Å². The number of rotatable bonds is 1. The third-order valence-electron chi connectivity index (χ3n) is 5.89. The van der Waals surface area contributed by atoms with Gasteiger partial charge in [0.1, 0.15) is 11.3 Å². The minimum Gasteiger partial charge on any atom is -0.283 e. The molecule has 0 bridgehead atoms. The van der Waals surface area contributed by atoms with Crippen molar-refractivity contribution in [3.63, 3.8) is 0 Å². The van der Waals surface area contributed by atoms with Crippen molar-refractivity contribution in [2.45, 2.75) is 13.8 Å². The molecule has 0 aliphatic carbocycles. The number of nitrogens with zero attached hydrogens (tertiary/aromatic N) is 3. The van der Waals surface area contributed by atoms with Crippen LogP contribution in [0.25, 0.3) is 49.5 Å². The van der Waals surface area contributed by atoms with Crippen LogP contribution in [0.15, 0.2) is 79.1 Å². The lowest BCUT2D eigenvalue weighted by Gasteiger charge is -2.09. The largest absolute Gasteiger partial charge is 0.283 e. The zero-order valence-electron chi connectivity index (χ0n) is 16.3. The first-order chi connectivity index (χ1) is 14.2. The van der Waals surface area contributed by atoms with E-state index < -0.39 is 0 Å². The van der Waals surface area contributed by atoms with Gasteiger partial charge in [-0.05, 0) is 35.7 Å². The van der Waals surface area contributed by atoms with Crippen LogP contribution in [-0.4, -0.2) is 14.4 Å². The normalized spacial score (nSPS) is 11.8. The number of hydrogen-bond acceptors (Lipinski definition) is 2. The predicted octanol–water partition coefficient (Wildman–Crippen LogP) is 6.47. The Labute approximate surface area is 168 Å². The fourth-order valence-corrected chi connectivity index (χ4v) is 4.57. The second-order valence-electron chi connectivity index (χ2n) is 7.68. The van der Waals surface area contributed by atoms with E-state index in [1.807, 2.05) is 6.20 Å². The van der Waals surface area contributed by atoms with E-state index in [-0.39, 0.29) is 0 Å². The summed E-state index contributed by atoms with van der Waals surface area (Å²) in [5, 5.41) is 5.89. The Kier molecular flexibility index (Phi) is 3.30. The molecule has 0 saturated heterocycles. The monoisotopic (exact) mass is 373 g/mol. The summed E-state index contributed by atoms with van der Waals surface area (Å²) in [6, 6.07) is 23.4. The van der Waals surface area contributed by atoms with Crippen molar-refractivity contribution in [2.24, 2.45) is 0 Å². The number of pyridine rings is 2. The smallest absolute Gasteiger partial charge is 0.147 e. The number of benzene rings is 3. The average molecular weight is 373 g/mol. The number of aromatic nitrogens is 3. The molecule has 3 heteroatoms. The first-order valence-electron chi connectivity index (χ1n) is 9.86. The van der Waals surface area contributed by atoms with Crippen molar-refractivity contribution in [3.8, 4) is 11.3 Å². The quantitative estimate of drug-likeness (QED) is 0.309. The van der Waals surface area contributed by atoms with Crippen molar-refractivity contribution in [1.29, 1.82) is 0 Å². The molecule has 0 aliphatic rings. The van der Waals surface area contributed by atoms with Gasteiger partial charge < -0.3 is 0 Å². The maximum Gasteiger partial charge on any atom is 0.147 e. The fraction of sp³-hybridized carbons (Fsp3) is 0.0769. The summed E-state index contributed by atoms with van der Waals surface area (Å²) in [6.07, 6.45) is 4.10. The molecule has 0 spiro atoms. The van der Waals surface area contributed by atoms with E-state index in [1.54, 1.807) is 0 Å². The molecule has 3 heterocycles. The molecule has 3 nitrogen and oxygen atoms in total. The van der Waals surface area contributed by atoms with Crippen LogP contribution in [0.5, 0.6) is 0 Å². The molecule has 0 unspecified atom stereocenters. The van der Waals surface area contributed by atoms with Gasteiger partial charge in [-0.15, -0.1) is 0 Å². The Morgan fingerprint density at radius 3 is 2.17 bits per heavy atom. The second-order valence-corrected chi connectivity index (χ2v) is 7.68. The van der Waals surface area contributed by atoms with Gasteiger partial charge >= 0.3 is 0 Å². The number of imidazole rings is 1. The number of aryl methyl sites for hydroxylation is 2. The molecule has 6 aromatic rings. The van der Waals surface area contributed by atoms with Crippen molar-refractivity contribution in [3.05, 3.63) is 90.3 Å². The summed E-state index contributed by atoms with van der Waals surface area (Å²) in [6.45, 7) is 4.29. The van der Waals surface area contributed by atoms with Gasteiger partial charge in [0.05, 0.1) is 5.69 Å². The topological polar surface area (TPSA) is 30.2 Å². The highest BCUT2D eigenvalue weighted by Gasteiger charge is 2.16. The highest BCUT2D eigenvalue weighted by molar-refractivity contribution is 6.20. The van der Waals surface area contributed by atoms with Crippen LogP contribution in [0.1, 0.15) is 11.1 Å². The third-order valence-corrected chi connectivity index (χ3v) is 5.89. The molecule has 0 amide bonds. The minimum atomic E-state index is 0.947. The van der Waals surface area contributed by atoms with Gasteiger partial charge in [-0.1, -0.05) is 66.7 Å². The molecule has 0 saturated carbocycles. The molecular formula is C26H19N3. The van der Waals surface area contributed by atoms with Crippen molar-refractivity contribution >= 4 is 38.2 Å².